The molecule has 1 fully saturated rings. The highest BCUT2D eigenvalue weighted by Crippen LogP contribution is 2.50. The first-order chi connectivity index (χ1) is 9.44. The molecule has 7 heteroatoms. The van der Waals surface area contributed by atoms with Crippen LogP contribution in [-0.4, -0.2) is 27.8 Å². The average molecular weight is 336 g/mol. The first kappa shape index (κ1) is 15.5. The average Bonchev–Trinajstić information content (AvgIpc) is 2.84. The maximum Gasteiger partial charge on any atom is 0.364 e. The number of carbonyl (C=O) groups is 2. The summed E-state index contributed by atoms with van der Waals surface area (Å²) in [5, 5.41) is 9.29. The van der Waals surface area contributed by atoms with Gasteiger partial charge in [-0.05, 0) is 30.5 Å². The lowest BCUT2D eigenvalue weighted by Crippen LogP contribution is -2.34. The molecule has 0 radical (unpaired) electrons. The van der Waals surface area contributed by atoms with Crippen molar-refractivity contribution in [2.24, 2.45) is 0 Å². The van der Waals surface area contributed by atoms with Crippen molar-refractivity contribution in [3.63, 3.8) is 0 Å². The molecule has 1 aromatic rings. The topological polar surface area (TPSA) is 66.4 Å². The SMILES string of the molecule is O=C(Cc1c(Cl)cccc1Cl)NS1(C(=O)O)CCCC1. The minimum absolute atomic E-state index is 0.000532. The van der Waals surface area contributed by atoms with E-state index in [-0.39, 0.29) is 12.3 Å². The van der Waals surface area contributed by atoms with E-state index in [1.165, 1.54) is 0 Å². The predicted molar refractivity (Wildman–Crippen MR) is 82.9 cm³/mol. The highest BCUT2D eigenvalue weighted by atomic mass is 35.5. The Bertz CT molecular complexity index is 524. The summed E-state index contributed by atoms with van der Waals surface area (Å²) in [5.74, 6) is 0.758. The van der Waals surface area contributed by atoms with Crippen LogP contribution in [0, 0.1) is 0 Å². The van der Waals surface area contributed by atoms with Gasteiger partial charge in [0, 0.05) is 21.6 Å². The van der Waals surface area contributed by atoms with Gasteiger partial charge in [0.05, 0.1) is 6.42 Å². The van der Waals surface area contributed by atoms with E-state index in [0.717, 1.165) is 12.8 Å². The summed E-state index contributed by atoms with van der Waals surface area (Å²) in [4.78, 5) is 23.5. The molecule has 0 aliphatic carbocycles. The lowest BCUT2D eigenvalue weighted by atomic mass is 10.1. The van der Waals surface area contributed by atoms with E-state index in [1.807, 2.05) is 0 Å². The number of carbonyl (C=O) groups excluding carboxylic acids is 1. The van der Waals surface area contributed by atoms with Gasteiger partial charge >= 0.3 is 5.30 Å². The third kappa shape index (κ3) is 3.22. The van der Waals surface area contributed by atoms with Crippen LogP contribution in [0.2, 0.25) is 10.0 Å². The van der Waals surface area contributed by atoms with Crippen molar-refractivity contribution >= 4 is 44.6 Å². The molecule has 1 saturated heterocycles. The number of hydrogen-bond acceptors (Lipinski definition) is 2. The number of carboxylic acid groups (broad SMARTS) is 1. The molecule has 20 heavy (non-hydrogen) atoms. The quantitative estimate of drug-likeness (QED) is 0.862. The van der Waals surface area contributed by atoms with Gasteiger partial charge in [-0.1, -0.05) is 39.5 Å². The fourth-order valence-electron chi connectivity index (χ4n) is 2.24. The van der Waals surface area contributed by atoms with Gasteiger partial charge in [0.15, 0.2) is 0 Å². The van der Waals surface area contributed by atoms with Gasteiger partial charge in [0.1, 0.15) is 0 Å². The van der Waals surface area contributed by atoms with Crippen LogP contribution in [0.5, 0.6) is 0 Å². The smallest absolute Gasteiger partial charge is 0.364 e. The Hall–Kier alpha value is -0.910. The first-order valence-electron chi connectivity index (χ1n) is 6.20. The van der Waals surface area contributed by atoms with Crippen LogP contribution >= 0.6 is 33.4 Å². The van der Waals surface area contributed by atoms with Gasteiger partial charge < -0.3 is 9.83 Å². The van der Waals surface area contributed by atoms with Crippen LogP contribution < -0.4 is 4.72 Å². The summed E-state index contributed by atoms with van der Waals surface area (Å²) in [6.45, 7) is 0. The monoisotopic (exact) mass is 335 g/mol. The van der Waals surface area contributed by atoms with E-state index in [4.69, 9.17) is 23.2 Å². The van der Waals surface area contributed by atoms with Crippen molar-refractivity contribution in [2.75, 3.05) is 11.5 Å². The van der Waals surface area contributed by atoms with Gasteiger partial charge in [-0.15, -0.1) is 0 Å². The van der Waals surface area contributed by atoms with E-state index in [9.17, 15) is 14.7 Å². The summed E-state index contributed by atoms with van der Waals surface area (Å²) in [6.07, 6.45) is 1.68. The third-order valence-corrected chi connectivity index (χ3v) is 7.24. The molecule has 4 nitrogen and oxygen atoms in total. The van der Waals surface area contributed by atoms with Crippen LogP contribution in [0.1, 0.15) is 18.4 Å². The minimum Gasteiger partial charge on any atom is -0.473 e. The largest absolute Gasteiger partial charge is 0.473 e. The summed E-state index contributed by atoms with van der Waals surface area (Å²) in [5.41, 5.74) is 0.534. The predicted octanol–water partition coefficient (Wildman–Crippen LogP) is 3.84. The molecule has 1 aliphatic heterocycles. The molecule has 0 bridgehead atoms. The molecule has 0 unspecified atom stereocenters. The van der Waals surface area contributed by atoms with Crippen LogP contribution in [0.3, 0.4) is 0 Å². The molecule has 1 amide bonds. The van der Waals surface area contributed by atoms with Crippen molar-refractivity contribution in [1.29, 1.82) is 0 Å². The Kier molecular flexibility index (Phi) is 4.83. The highest BCUT2D eigenvalue weighted by molar-refractivity contribution is 8.43. The second kappa shape index (κ2) is 6.24. The fraction of sp³-hybridized carbons (Fsp3) is 0.385. The third-order valence-electron chi connectivity index (χ3n) is 3.28. The van der Waals surface area contributed by atoms with Crippen molar-refractivity contribution in [2.45, 2.75) is 19.3 Å². The molecule has 1 heterocycles. The van der Waals surface area contributed by atoms with Crippen LogP contribution in [-0.2, 0) is 11.2 Å². The molecule has 0 atom stereocenters. The molecule has 2 N–H and O–H groups in total. The second-order valence-corrected chi connectivity index (χ2v) is 8.62. The Labute approximate surface area is 128 Å². The van der Waals surface area contributed by atoms with E-state index >= 15 is 0 Å². The molecule has 2 rings (SSSR count). The zero-order valence-corrected chi connectivity index (χ0v) is 13.0. The highest BCUT2D eigenvalue weighted by Gasteiger charge is 2.37. The second-order valence-electron chi connectivity index (χ2n) is 4.67. The zero-order valence-electron chi connectivity index (χ0n) is 10.7. The van der Waals surface area contributed by atoms with Crippen LogP contribution in [0.25, 0.3) is 0 Å². The summed E-state index contributed by atoms with van der Waals surface area (Å²) in [6, 6.07) is 5.02. The molecular weight excluding hydrogens is 321 g/mol. The van der Waals surface area contributed by atoms with E-state index in [1.54, 1.807) is 18.2 Å². The van der Waals surface area contributed by atoms with E-state index < -0.39 is 15.5 Å². The lowest BCUT2D eigenvalue weighted by molar-refractivity contribution is -0.118. The zero-order chi connectivity index (χ0) is 14.8. The fourth-order valence-corrected chi connectivity index (χ4v) is 5.51. The van der Waals surface area contributed by atoms with Gasteiger partial charge in [-0.25, -0.2) is 4.79 Å². The summed E-state index contributed by atoms with van der Waals surface area (Å²) >= 11 is 12.0. The molecule has 1 aromatic carbocycles. The number of amides is 1. The Morgan fingerprint density at radius 2 is 1.75 bits per heavy atom. The number of halogens is 2. The van der Waals surface area contributed by atoms with E-state index in [2.05, 4.69) is 4.72 Å². The number of benzene rings is 1. The molecule has 0 spiro atoms. The van der Waals surface area contributed by atoms with Gasteiger partial charge in [0.2, 0.25) is 5.91 Å². The van der Waals surface area contributed by atoms with Gasteiger partial charge in [-0.3, -0.25) is 4.79 Å². The maximum absolute atomic E-state index is 12.1. The maximum atomic E-state index is 12.1. The Balaban J connectivity index is 2.11. The normalized spacial score (nSPS) is 18.5. The summed E-state index contributed by atoms with van der Waals surface area (Å²) < 4.78 is 2.72. The van der Waals surface area contributed by atoms with Crippen LogP contribution in [0.4, 0.5) is 4.79 Å². The molecule has 0 saturated carbocycles. The standard InChI is InChI=1S/C13H15Cl2NO3S/c14-10-4-3-5-11(15)9(10)8-12(17)16-20(13(18)19)6-1-2-7-20/h3-5H,1-2,6-8H2,(H,16,17)(H,18,19). The van der Waals surface area contributed by atoms with Crippen molar-refractivity contribution in [3.05, 3.63) is 33.8 Å². The molecular formula is C13H15Cl2NO3S. The lowest BCUT2D eigenvalue weighted by Gasteiger charge is -2.31. The van der Waals surface area contributed by atoms with Crippen LogP contribution in [0.15, 0.2) is 18.2 Å². The number of hydrogen-bond donors (Lipinski definition) is 2. The number of nitrogens with one attached hydrogen (secondary N) is 1. The van der Waals surface area contributed by atoms with Gasteiger partial charge in [0.25, 0.3) is 0 Å². The minimum atomic E-state index is -2.09. The molecule has 1 aliphatic rings. The molecule has 0 aromatic heterocycles. The van der Waals surface area contributed by atoms with Gasteiger partial charge in [-0.2, -0.15) is 0 Å². The Morgan fingerprint density at radius 3 is 2.25 bits per heavy atom. The van der Waals surface area contributed by atoms with Crippen molar-refractivity contribution < 1.29 is 14.7 Å². The van der Waals surface area contributed by atoms with E-state index in [0.29, 0.717) is 27.1 Å². The Morgan fingerprint density at radius 1 is 1.20 bits per heavy atom. The van der Waals surface area contributed by atoms with Crippen molar-refractivity contribution in [3.8, 4) is 0 Å². The number of rotatable bonds is 2. The summed E-state index contributed by atoms with van der Waals surface area (Å²) in [7, 11) is -2.09. The molecule has 110 valence electrons. The first-order valence-corrected chi connectivity index (χ1v) is 8.92. The van der Waals surface area contributed by atoms with Crippen molar-refractivity contribution in [1.82, 2.24) is 4.72 Å².